The molecule has 14 N–H and O–H groups in total. The van der Waals surface area contributed by atoms with Crippen LogP contribution in [-0.4, -0.2) is 120 Å². The summed E-state index contributed by atoms with van der Waals surface area (Å²) in [6.45, 7) is -0.218. The second kappa shape index (κ2) is 16.0. The standard InChI is InChI=1S/C24H35ClN10O10/c25-22-29-7-13(34-22)17(38)16(21(42)43)35-19(40)11(4-9-6-30-23(26)31-9)32-18(39)12(5-10(36)8-45-24(27)44)33-20(41)15-14(37)2-1-3-28-15/h6-7,10-12,14-17,28,36-38H,1-5,8H2,(H2,27,44)(H,29,34)(H,32,39)(H,33,41)(H,35,40)(H,42,43)(H3,26,30,31)/t10-,11-,12-,14-,15-,16-,17+/m0/s1. The van der Waals surface area contributed by atoms with Gasteiger partial charge in [-0.05, 0) is 31.0 Å². The number of aliphatic hydroxyl groups is 3. The zero-order valence-corrected chi connectivity index (χ0v) is 24.4. The van der Waals surface area contributed by atoms with Gasteiger partial charge in [0, 0.05) is 18.5 Å². The molecule has 45 heavy (non-hydrogen) atoms. The van der Waals surface area contributed by atoms with Crippen molar-refractivity contribution in [3.63, 3.8) is 0 Å². The van der Waals surface area contributed by atoms with Crippen molar-refractivity contribution in [2.45, 2.75) is 68.2 Å². The Morgan fingerprint density at radius 3 is 2.36 bits per heavy atom. The van der Waals surface area contributed by atoms with Crippen LogP contribution in [0.2, 0.25) is 5.28 Å². The number of nitrogens with zero attached hydrogens (tertiary/aromatic N) is 2. The number of hydrogen-bond donors (Lipinski definition) is 12. The predicted molar refractivity (Wildman–Crippen MR) is 152 cm³/mol. The number of carboxylic acid groups (broad SMARTS) is 1. The molecule has 248 valence electrons. The number of nitrogen functional groups attached to an aromatic ring is 1. The normalized spacial score (nSPS) is 19.7. The number of nitrogens with one attached hydrogen (secondary N) is 6. The average molecular weight is 659 g/mol. The monoisotopic (exact) mass is 658 g/mol. The van der Waals surface area contributed by atoms with E-state index >= 15 is 0 Å². The summed E-state index contributed by atoms with van der Waals surface area (Å²) in [4.78, 5) is 75.5. The number of aromatic amines is 2. The van der Waals surface area contributed by atoms with E-state index in [0.717, 1.165) is 6.20 Å². The van der Waals surface area contributed by atoms with Gasteiger partial charge in [-0.2, -0.15) is 0 Å². The maximum atomic E-state index is 13.5. The lowest BCUT2D eigenvalue weighted by atomic mass is 9.99. The molecule has 3 rings (SSSR count). The summed E-state index contributed by atoms with van der Waals surface area (Å²) >= 11 is 5.71. The van der Waals surface area contributed by atoms with E-state index in [4.69, 9.17) is 23.1 Å². The van der Waals surface area contributed by atoms with Gasteiger partial charge < -0.3 is 67.9 Å². The van der Waals surface area contributed by atoms with E-state index in [1.165, 1.54) is 6.20 Å². The molecule has 7 atom stereocenters. The van der Waals surface area contributed by atoms with E-state index in [1.807, 2.05) is 0 Å². The highest BCUT2D eigenvalue weighted by molar-refractivity contribution is 6.28. The predicted octanol–water partition coefficient (Wildman–Crippen LogP) is -3.86. The number of carbonyl (C=O) groups is 5. The first-order chi connectivity index (χ1) is 21.2. The van der Waals surface area contributed by atoms with E-state index < -0.39 is 85.3 Å². The number of primary amides is 1. The molecule has 0 radical (unpaired) electrons. The lowest BCUT2D eigenvalue weighted by Gasteiger charge is -2.30. The zero-order valence-electron chi connectivity index (χ0n) is 23.6. The molecule has 0 aromatic carbocycles. The smallest absolute Gasteiger partial charge is 0.404 e. The van der Waals surface area contributed by atoms with Gasteiger partial charge in [0.15, 0.2) is 17.3 Å². The highest BCUT2D eigenvalue weighted by atomic mass is 35.5. The second-order valence-electron chi connectivity index (χ2n) is 10.2. The summed E-state index contributed by atoms with van der Waals surface area (Å²) in [6.07, 6.45) is -3.22. The van der Waals surface area contributed by atoms with Gasteiger partial charge in [0.25, 0.3) is 0 Å². The lowest BCUT2D eigenvalue weighted by Crippen LogP contribution is -2.61. The van der Waals surface area contributed by atoms with Gasteiger partial charge in [-0.3, -0.25) is 14.4 Å². The van der Waals surface area contributed by atoms with Crippen molar-refractivity contribution in [2.24, 2.45) is 5.73 Å². The summed E-state index contributed by atoms with van der Waals surface area (Å²) in [5.74, 6) is -4.56. The number of ether oxygens (including phenoxy) is 1. The largest absolute Gasteiger partial charge is 0.480 e. The molecule has 20 nitrogen and oxygen atoms in total. The van der Waals surface area contributed by atoms with Gasteiger partial charge >= 0.3 is 12.1 Å². The molecular formula is C24H35ClN10O10. The van der Waals surface area contributed by atoms with E-state index in [-0.39, 0.29) is 29.0 Å². The van der Waals surface area contributed by atoms with Crippen molar-refractivity contribution >= 4 is 47.3 Å². The maximum absolute atomic E-state index is 13.5. The van der Waals surface area contributed by atoms with Crippen LogP contribution in [0.5, 0.6) is 0 Å². The number of hydrogen-bond acceptors (Lipinski definition) is 13. The molecule has 1 saturated heterocycles. The number of rotatable bonds is 15. The Morgan fingerprint density at radius 1 is 1.07 bits per heavy atom. The minimum Gasteiger partial charge on any atom is -0.480 e. The minimum absolute atomic E-state index is 0.0216. The Kier molecular flexibility index (Phi) is 12.4. The number of nitrogens with two attached hydrogens (primary N) is 2. The summed E-state index contributed by atoms with van der Waals surface area (Å²) in [6, 6.07) is -6.15. The Bertz CT molecular complexity index is 1360. The third-order valence-corrected chi connectivity index (χ3v) is 6.93. The van der Waals surface area contributed by atoms with Crippen LogP contribution in [-0.2, 0) is 30.3 Å². The Labute approximate surface area is 259 Å². The van der Waals surface area contributed by atoms with Crippen molar-refractivity contribution in [3.8, 4) is 0 Å². The lowest BCUT2D eigenvalue weighted by molar-refractivity contribution is -0.146. The number of amides is 4. The third-order valence-electron chi connectivity index (χ3n) is 6.73. The van der Waals surface area contributed by atoms with Gasteiger partial charge in [0.05, 0.1) is 30.3 Å². The second-order valence-corrected chi connectivity index (χ2v) is 10.5. The fraction of sp³-hybridized carbons (Fsp3) is 0.542. The number of H-pyrrole nitrogens is 2. The van der Waals surface area contributed by atoms with Gasteiger partial charge in [-0.15, -0.1) is 0 Å². The number of aromatic nitrogens is 4. The molecule has 1 aliphatic heterocycles. The minimum atomic E-state index is -1.94. The number of aliphatic hydroxyl groups excluding tert-OH is 3. The SMILES string of the molecule is NC(=O)OC[C@@H](O)C[C@H](NC(=O)[C@H]1NCCC[C@@H]1O)C(=O)N[C@@H](Cc1cnc(N)[nH]1)C(=O)N[C@H](C(=O)O)[C@H](O)c1cnc(Cl)[nH]1. The first-order valence-corrected chi connectivity index (χ1v) is 14.0. The molecular weight excluding hydrogens is 624 g/mol. The molecule has 0 spiro atoms. The molecule has 1 fully saturated rings. The van der Waals surface area contributed by atoms with E-state index in [1.54, 1.807) is 0 Å². The quantitative estimate of drug-likeness (QED) is 0.0871. The highest BCUT2D eigenvalue weighted by Gasteiger charge is 2.37. The zero-order chi connectivity index (χ0) is 33.3. The van der Waals surface area contributed by atoms with E-state index in [9.17, 15) is 44.4 Å². The number of carboxylic acids is 1. The Hall–Kier alpha value is -4.50. The van der Waals surface area contributed by atoms with Crippen LogP contribution in [0.15, 0.2) is 12.4 Å². The number of carbonyl (C=O) groups excluding carboxylic acids is 4. The van der Waals surface area contributed by atoms with Gasteiger partial charge in [-0.1, -0.05) is 0 Å². The summed E-state index contributed by atoms with van der Waals surface area (Å²) in [5, 5.41) is 50.6. The number of aliphatic carboxylic acids is 1. The molecule has 2 aromatic heterocycles. The van der Waals surface area contributed by atoms with E-state index in [2.05, 4.69) is 45.9 Å². The topological polar surface area (TPSA) is 333 Å². The van der Waals surface area contributed by atoms with Crippen LogP contribution in [0, 0.1) is 0 Å². The van der Waals surface area contributed by atoms with Crippen molar-refractivity contribution in [3.05, 3.63) is 29.1 Å². The molecule has 1 aliphatic rings. The maximum Gasteiger partial charge on any atom is 0.404 e. The van der Waals surface area contributed by atoms with Crippen LogP contribution in [0.25, 0.3) is 0 Å². The number of halogens is 1. The molecule has 0 bridgehead atoms. The van der Waals surface area contributed by atoms with Crippen LogP contribution in [0.4, 0.5) is 10.7 Å². The number of anilines is 1. The van der Waals surface area contributed by atoms with Crippen molar-refractivity contribution in [2.75, 3.05) is 18.9 Å². The fourth-order valence-corrected chi connectivity index (χ4v) is 4.66. The van der Waals surface area contributed by atoms with Gasteiger partial charge in [0.2, 0.25) is 17.7 Å². The average Bonchev–Trinajstić information content (AvgIpc) is 3.60. The highest BCUT2D eigenvalue weighted by Crippen LogP contribution is 2.18. The molecule has 0 unspecified atom stereocenters. The third kappa shape index (κ3) is 10.3. The fourth-order valence-electron chi connectivity index (χ4n) is 4.50. The van der Waals surface area contributed by atoms with Crippen molar-refractivity contribution in [1.82, 2.24) is 41.2 Å². The number of imidazole rings is 2. The Morgan fingerprint density at radius 2 is 1.78 bits per heavy atom. The number of piperidine rings is 1. The molecule has 0 aliphatic carbocycles. The van der Waals surface area contributed by atoms with Crippen LogP contribution < -0.4 is 32.7 Å². The summed E-state index contributed by atoms with van der Waals surface area (Å²) < 4.78 is 4.56. The Balaban J connectivity index is 1.84. The molecule has 4 amide bonds. The van der Waals surface area contributed by atoms with Gasteiger partial charge in [0.1, 0.15) is 30.8 Å². The van der Waals surface area contributed by atoms with Gasteiger partial charge in [-0.25, -0.2) is 19.6 Å². The van der Waals surface area contributed by atoms with Crippen molar-refractivity contribution < 1.29 is 49.1 Å². The summed E-state index contributed by atoms with van der Waals surface area (Å²) in [7, 11) is 0. The van der Waals surface area contributed by atoms with Crippen LogP contribution in [0.1, 0.15) is 36.8 Å². The van der Waals surface area contributed by atoms with Crippen LogP contribution >= 0.6 is 11.6 Å². The van der Waals surface area contributed by atoms with Crippen LogP contribution in [0.3, 0.4) is 0 Å². The van der Waals surface area contributed by atoms with E-state index in [0.29, 0.717) is 19.4 Å². The molecule has 2 aromatic rings. The van der Waals surface area contributed by atoms with Crippen molar-refractivity contribution in [1.29, 1.82) is 0 Å². The summed E-state index contributed by atoms with van der Waals surface area (Å²) in [5.41, 5.74) is 10.7. The first-order valence-electron chi connectivity index (χ1n) is 13.6. The molecule has 21 heteroatoms. The molecule has 0 saturated carbocycles. The molecule has 3 heterocycles. The first kappa shape index (κ1) is 35.0.